The second kappa shape index (κ2) is 8.92. The van der Waals surface area contributed by atoms with Crippen molar-refractivity contribution in [1.29, 1.82) is 0 Å². The van der Waals surface area contributed by atoms with E-state index in [2.05, 4.69) is 51.5 Å². The Morgan fingerprint density at radius 1 is 1.08 bits per heavy atom. The van der Waals surface area contributed by atoms with Gasteiger partial charge in [0.2, 0.25) is 0 Å². The molecule has 0 N–H and O–H groups in total. The minimum Gasteiger partial charge on any atom is -0.379 e. The average molecular weight is 348 g/mol. The minimum absolute atomic E-state index is 0.552. The fourth-order valence-electron chi connectivity index (χ4n) is 3.78. The molecule has 2 aliphatic rings. The zero-order valence-electron chi connectivity index (χ0n) is 16.1. The number of aromatic nitrogens is 3. The molecule has 6 heteroatoms. The molecule has 0 spiro atoms. The topological polar surface area (TPSA) is 46.4 Å². The first-order chi connectivity index (χ1) is 12.1. The van der Waals surface area contributed by atoms with Gasteiger partial charge in [-0.1, -0.05) is 11.6 Å². The maximum absolute atomic E-state index is 5.43. The predicted molar refractivity (Wildman–Crippen MR) is 99.6 cm³/mol. The fraction of sp³-hybridized carbons (Fsp3) is 0.789. The lowest BCUT2D eigenvalue weighted by Gasteiger charge is -2.31. The number of allylic oxidation sites excluding steroid dienone is 1. The molecule has 1 aromatic rings. The maximum atomic E-state index is 5.43. The van der Waals surface area contributed by atoms with E-state index in [0.717, 1.165) is 38.7 Å². The van der Waals surface area contributed by atoms with E-state index in [1.165, 1.54) is 50.3 Å². The molecule has 2 fully saturated rings. The van der Waals surface area contributed by atoms with Crippen LogP contribution in [0.15, 0.2) is 11.6 Å². The molecule has 25 heavy (non-hydrogen) atoms. The highest BCUT2D eigenvalue weighted by Crippen LogP contribution is 2.27. The van der Waals surface area contributed by atoms with Gasteiger partial charge in [-0.15, -0.1) is 10.2 Å². The summed E-state index contributed by atoms with van der Waals surface area (Å²) in [6.07, 6.45) is 5.89. The highest BCUT2D eigenvalue weighted by molar-refractivity contribution is 5.04. The predicted octanol–water partition coefficient (Wildman–Crippen LogP) is 2.18. The average Bonchev–Trinajstić information content (AvgIpc) is 2.97. The van der Waals surface area contributed by atoms with E-state index in [1.54, 1.807) is 0 Å². The van der Waals surface area contributed by atoms with Crippen molar-refractivity contribution in [3.05, 3.63) is 23.3 Å². The van der Waals surface area contributed by atoms with Gasteiger partial charge in [0.1, 0.15) is 11.6 Å². The molecule has 0 aliphatic carbocycles. The van der Waals surface area contributed by atoms with E-state index in [4.69, 9.17) is 4.74 Å². The molecule has 0 radical (unpaired) electrons. The van der Waals surface area contributed by atoms with Crippen LogP contribution in [0.25, 0.3) is 0 Å². The second-order valence-corrected chi connectivity index (χ2v) is 7.61. The number of rotatable bonds is 6. The Morgan fingerprint density at radius 3 is 2.48 bits per heavy atom. The van der Waals surface area contributed by atoms with Crippen LogP contribution in [0.4, 0.5) is 0 Å². The molecule has 0 atom stereocenters. The zero-order chi connectivity index (χ0) is 17.6. The second-order valence-electron chi connectivity index (χ2n) is 7.61. The molecule has 0 bridgehead atoms. The van der Waals surface area contributed by atoms with Gasteiger partial charge < -0.3 is 14.2 Å². The van der Waals surface area contributed by atoms with Crippen molar-refractivity contribution in [2.24, 2.45) is 7.05 Å². The van der Waals surface area contributed by atoms with Crippen molar-refractivity contribution in [2.45, 2.75) is 45.6 Å². The molecule has 3 heterocycles. The number of nitrogens with zero attached hydrogens (tertiary/aromatic N) is 5. The lowest BCUT2D eigenvalue weighted by molar-refractivity contribution is 0.0326. The van der Waals surface area contributed by atoms with Gasteiger partial charge in [0.25, 0.3) is 0 Å². The lowest BCUT2D eigenvalue weighted by Crippen LogP contribution is -2.36. The SMILES string of the molecule is CC(C)=CCCN1CCC(c2nnc(CN3CCOCC3)n2C)CC1. The summed E-state index contributed by atoms with van der Waals surface area (Å²) in [5, 5.41) is 9.02. The summed E-state index contributed by atoms with van der Waals surface area (Å²) >= 11 is 0. The van der Waals surface area contributed by atoms with Crippen molar-refractivity contribution in [3.63, 3.8) is 0 Å². The van der Waals surface area contributed by atoms with Gasteiger partial charge in [0.15, 0.2) is 0 Å². The summed E-state index contributed by atoms with van der Waals surface area (Å²) in [4.78, 5) is 4.99. The molecule has 140 valence electrons. The summed E-state index contributed by atoms with van der Waals surface area (Å²) in [7, 11) is 2.13. The maximum Gasteiger partial charge on any atom is 0.146 e. The quantitative estimate of drug-likeness (QED) is 0.738. The van der Waals surface area contributed by atoms with Gasteiger partial charge in [-0.25, -0.2) is 0 Å². The van der Waals surface area contributed by atoms with Gasteiger partial charge in [-0.2, -0.15) is 0 Å². The highest BCUT2D eigenvalue weighted by Gasteiger charge is 2.25. The molecule has 0 unspecified atom stereocenters. The molecule has 0 amide bonds. The van der Waals surface area contributed by atoms with Crippen LogP contribution < -0.4 is 0 Å². The van der Waals surface area contributed by atoms with Crippen LogP contribution in [0.5, 0.6) is 0 Å². The first-order valence-corrected chi connectivity index (χ1v) is 9.67. The van der Waals surface area contributed by atoms with E-state index in [0.29, 0.717) is 5.92 Å². The van der Waals surface area contributed by atoms with E-state index in [-0.39, 0.29) is 0 Å². The normalized spacial score (nSPS) is 20.8. The standard InChI is InChI=1S/C19H33N5O/c1-16(2)5-4-8-23-9-6-17(7-10-23)19-21-20-18(22(19)3)15-24-11-13-25-14-12-24/h5,17H,4,6-15H2,1-3H3. The molecular formula is C19H33N5O. The third kappa shape index (κ3) is 5.12. The molecule has 6 nitrogen and oxygen atoms in total. The van der Waals surface area contributed by atoms with Gasteiger partial charge in [-0.05, 0) is 46.2 Å². The molecule has 3 rings (SSSR count). The Morgan fingerprint density at radius 2 is 1.80 bits per heavy atom. The van der Waals surface area contributed by atoms with Crippen molar-refractivity contribution >= 4 is 0 Å². The minimum atomic E-state index is 0.552. The smallest absolute Gasteiger partial charge is 0.146 e. The van der Waals surface area contributed by atoms with Crippen LogP contribution in [0, 0.1) is 0 Å². The van der Waals surface area contributed by atoms with Crippen LogP contribution in [-0.4, -0.2) is 70.5 Å². The molecule has 2 aliphatic heterocycles. The van der Waals surface area contributed by atoms with Crippen LogP contribution >= 0.6 is 0 Å². The highest BCUT2D eigenvalue weighted by atomic mass is 16.5. The summed E-state index contributed by atoms with van der Waals surface area (Å²) in [6, 6.07) is 0. The first-order valence-electron chi connectivity index (χ1n) is 9.67. The van der Waals surface area contributed by atoms with Crippen LogP contribution in [-0.2, 0) is 18.3 Å². The third-order valence-corrected chi connectivity index (χ3v) is 5.42. The Bertz CT molecular complexity index is 564. The van der Waals surface area contributed by atoms with Gasteiger partial charge in [0.05, 0.1) is 19.8 Å². The molecular weight excluding hydrogens is 314 g/mol. The summed E-state index contributed by atoms with van der Waals surface area (Å²) < 4.78 is 7.66. The molecule has 1 aromatic heterocycles. The number of hydrogen-bond donors (Lipinski definition) is 0. The van der Waals surface area contributed by atoms with E-state index in [9.17, 15) is 0 Å². The molecule has 2 saturated heterocycles. The van der Waals surface area contributed by atoms with Gasteiger partial charge >= 0.3 is 0 Å². The molecule has 0 saturated carbocycles. The fourth-order valence-corrected chi connectivity index (χ4v) is 3.78. The Kier molecular flexibility index (Phi) is 6.62. The van der Waals surface area contributed by atoms with Gasteiger partial charge in [0, 0.05) is 32.6 Å². The summed E-state index contributed by atoms with van der Waals surface area (Å²) in [5.74, 6) is 2.81. The summed E-state index contributed by atoms with van der Waals surface area (Å²) in [6.45, 7) is 12.4. The van der Waals surface area contributed by atoms with E-state index >= 15 is 0 Å². The largest absolute Gasteiger partial charge is 0.379 e. The number of morpholine rings is 1. The van der Waals surface area contributed by atoms with Crippen LogP contribution in [0.2, 0.25) is 0 Å². The first kappa shape index (κ1) is 18.5. The third-order valence-electron chi connectivity index (χ3n) is 5.42. The lowest BCUT2D eigenvalue weighted by atomic mass is 9.96. The van der Waals surface area contributed by atoms with Crippen LogP contribution in [0.1, 0.15) is 50.7 Å². The number of likely N-dealkylation sites (tertiary alicyclic amines) is 1. The number of piperidine rings is 1. The van der Waals surface area contributed by atoms with E-state index < -0.39 is 0 Å². The molecule has 0 aromatic carbocycles. The van der Waals surface area contributed by atoms with Crippen molar-refractivity contribution in [3.8, 4) is 0 Å². The van der Waals surface area contributed by atoms with Crippen molar-refractivity contribution in [2.75, 3.05) is 45.9 Å². The Labute approximate surface area is 151 Å². The zero-order valence-corrected chi connectivity index (χ0v) is 16.1. The Hall–Kier alpha value is -1.24. The van der Waals surface area contributed by atoms with Crippen molar-refractivity contribution in [1.82, 2.24) is 24.6 Å². The van der Waals surface area contributed by atoms with E-state index in [1.807, 2.05) is 0 Å². The van der Waals surface area contributed by atoms with Crippen molar-refractivity contribution < 1.29 is 4.74 Å². The Balaban J connectivity index is 1.50. The number of hydrogen-bond acceptors (Lipinski definition) is 5. The summed E-state index contributed by atoms with van der Waals surface area (Å²) in [5.41, 5.74) is 1.42. The van der Waals surface area contributed by atoms with Crippen LogP contribution in [0.3, 0.4) is 0 Å². The van der Waals surface area contributed by atoms with Gasteiger partial charge in [-0.3, -0.25) is 4.90 Å². The monoisotopic (exact) mass is 347 g/mol. The number of ether oxygens (including phenoxy) is 1.